The topological polar surface area (TPSA) is 72.5 Å². The molecule has 1 amide bonds. The summed E-state index contributed by atoms with van der Waals surface area (Å²) in [6, 6.07) is 0. The van der Waals surface area contributed by atoms with E-state index in [0.29, 0.717) is 0 Å². The highest BCUT2D eigenvalue weighted by Crippen LogP contribution is 1.77. The molecule has 1 radical (unpaired) electrons. The van der Waals surface area contributed by atoms with Crippen LogP contribution in [-0.4, -0.2) is 20.8 Å². The van der Waals surface area contributed by atoms with Crippen molar-refractivity contribution in [2.45, 2.75) is 0 Å². The fourth-order valence-corrected chi connectivity index (χ4v) is 0.543. The molecule has 0 rings (SSSR count). The molecule has 0 aliphatic rings. The molecule has 0 saturated carbocycles. The average molecular weight is 152 g/mol. The number of amides is 1. The van der Waals surface area contributed by atoms with Gasteiger partial charge in [-0.1, -0.05) is 0 Å². The Morgan fingerprint density at radius 1 is 1.67 bits per heavy atom. The van der Waals surface area contributed by atoms with Gasteiger partial charge in [-0.05, 0) is 0 Å². The summed E-state index contributed by atoms with van der Waals surface area (Å²) >= 11 is 0. The van der Waals surface area contributed by atoms with Crippen LogP contribution in [0.5, 0.6) is 0 Å². The predicted molar refractivity (Wildman–Crippen MR) is 29.8 cm³/mol. The molecule has 0 aromatic rings. The molecule has 0 aliphatic heterocycles. The molecule has 0 bridgehead atoms. The van der Waals surface area contributed by atoms with Gasteiger partial charge in [0.2, 0.25) is 10.0 Å². The normalized spacial score (nSPS) is 10.4. The number of hydrogen-bond acceptors (Lipinski definition) is 4. The molecule has 53 valence electrons. The van der Waals surface area contributed by atoms with E-state index in [1.807, 2.05) is 0 Å². The highest BCUT2D eigenvalue weighted by Gasteiger charge is 2.05. The van der Waals surface area contributed by atoms with Crippen LogP contribution in [0.2, 0.25) is 0 Å². The zero-order chi connectivity index (χ0) is 7.49. The van der Waals surface area contributed by atoms with Crippen molar-refractivity contribution in [1.82, 2.24) is 4.72 Å². The highest BCUT2D eigenvalue weighted by atomic mass is 32.2. The lowest BCUT2D eigenvalue weighted by Crippen LogP contribution is -2.28. The van der Waals surface area contributed by atoms with Gasteiger partial charge in [0.15, 0.2) is 0 Å². The van der Waals surface area contributed by atoms with E-state index in [2.05, 4.69) is 11.8 Å². The first-order valence-corrected chi connectivity index (χ1v) is 3.78. The molecule has 0 unspecified atom stereocenters. The molecule has 0 aliphatic carbocycles. The van der Waals surface area contributed by atoms with Crippen molar-refractivity contribution in [2.24, 2.45) is 0 Å². The van der Waals surface area contributed by atoms with Crippen molar-refractivity contribution in [3.63, 3.8) is 0 Å². The van der Waals surface area contributed by atoms with Crippen molar-refractivity contribution < 1.29 is 17.9 Å². The Labute approximate surface area is 53.1 Å². The molecule has 9 heavy (non-hydrogen) atoms. The number of ether oxygens (including phenoxy) is 1. The van der Waals surface area contributed by atoms with Gasteiger partial charge >= 0.3 is 6.09 Å². The molecule has 5 nitrogen and oxygen atoms in total. The summed E-state index contributed by atoms with van der Waals surface area (Å²) in [5.41, 5.74) is 0. The maximum absolute atomic E-state index is 10.2. The third-order valence-corrected chi connectivity index (χ3v) is 0.937. The summed E-state index contributed by atoms with van der Waals surface area (Å²) in [6.07, 6.45) is -0.248. The lowest BCUT2D eigenvalue weighted by molar-refractivity contribution is 0.190. The van der Waals surface area contributed by atoms with Crippen molar-refractivity contribution in [3.8, 4) is 0 Å². The molecule has 6 heteroatoms. The van der Waals surface area contributed by atoms with E-state index in [0.717, 1.165) is 6.26 Å². The highest BCUT2D eigenvalue weighted by molar-refractivity contribution is 7.89. The van der Waals surface area contributed by atoms with Crippen LogP contribution in [0, 0.1) is 7.11 Å². The molecule has 0 spiro atoms. The Morgan fingerprint density at radius 2 is 2.11 bits per heavy atom. The van der Waals surface area contributed by atoms with Gasteiger partial charge in [-0.25, -0.2) is 17.9 Å². The summed E-state index contributed by atoms with van der Waals surface area (Å²) in [6.45, 7) is 0. The molecule has 0 fully saturated rings. The monoisotopic (exact) mass is 152 g/mol. The first-order chi connectivity index (χ1) is 3.95. The quantitative estimate of drug-likeness (QED) is 0.548. The number of carbonyl (C=O) groups excluding carboxylic acids is 1. The van der Waals surface area contributed by atoms with Crippen LogP contribution in [0.4, 0.5) is 4.79 Å². The van der Waals surface area contributed by atoms with Gasteiger partial charge in [-0.2, -0.15) is 0 Å². The van der Waals surface area contributed by atoms with Crippen LogP contribution in [0.15, 0.2) is 0 Å². The maximum atomic E-state index is 10.2. The minimum Gasteiger partial charge on any atom is -0.445 e. The van der Waals surface area contributed by atoms with Gasteiger partial charge < -0.3 is 4.74 Å². The first kappa shape index (κ1) is 8.22. The van der Waals surface area contributed by atoms with Crippen LogP contribution in [0.3, 0.4) is 0 Å². The molecule has 1 N–H and O–H groups in total. The lowest BCUT2D eigenvalue weighted by atomic mass is 11.2. The molecule has 0 aromatic carbocycles. The van der Waals surface area contributed by atoms with E-state index in [1.165, 1.54) is 4.72 Å². The average Bonchev–Trinajstić information content (AvgIpc) is 1.62. The summed E-state index contributed by atoms with van der Waals surface area (Å²) < 4.78 is 25.6. The fourth-order valence-electron chi connectivity index (χ4n) is 0.181. The SMILES string of the molecule is [CH2]OC(=O)NS(C)(=O)=O. The van der Waals surface area contributed by atoms with Crippen LogP contribution >= 0.6 is 0 Å². The van der Waals surface area contributed by atoms with Crippen LogP contribution in [-0.2, 0) is 14.8 Å². The molecule has 0 saturated heterocycles. The number of carbonyl (C=O) groups is 1. The summed E-state index contributed by atoms with van der Waals surface area (Å²) in [5, 5.41) is 0. The molecular weight excluding hydrogens is 146 g/mol. The van der Waals surface area contributed by atoms with E-state index in [9.17, 15) is 13.2 Å². The minimum atomic E-state index is -3.50. The Hall–Kier alpha value is -0.780. The van der Waals surface area contributed by atoms with E-state index in [1.54, 1.807) is 0 Å². The van der Waals surface area contributed by atoms with Gasteiger partial charge in [0.1, 0.15) is 7.11 Å². The molecule has 0 aromatic heterocycles. The summed E-state index contributed by atoms with van der Waals surface area (Å²) in [5.74, 6) is 0. The van der Waals surface area contributed by atoms with Gasteiger partial charge in [-0.15, -0.1) is 0 Å². The van der Waals surface area contributed by atoms with Crippen LogP contribution < -0.4 is 4.72 Å². The van der Waals surface area contributed by atoms with Gasteiger partial charge in [0.05, 0.1) is 6.26 Å². The lowest BCUT2D eigenvalue weighted by Gasteiger charge is -1.97. The van der Waals surface area contributed by atoms with Crippen molar-refractivity contribution >= 4 is 16.1 Å². The second-order valence-corrected chi connectivity index (χ2v) is 3.05. The molecule has 0 atom stereocenters. The summed E-state index contributed by atoms with van der Waals surface area (Å²) in [7, 11) is -0.807. The zero-order valence-electron chi connectivity index (χ0n) is 4.75. The van der Waals surface area contributed by atoms with Crippen LogP contribution in [0.1, 0.15) is 0 Å². The first-order valence-electron chi connectivity index (χ1n) is 1.89. The third kappa shape index (κ3) is 5.09. The van der Waals surface area contributed by atoms with Gasteiger partial charge in [0, 0.05) is 0 Å². The predicted octanol–water partition coefficient (Wildman–Crippen LogP) is -0.536. The molecular formula is C3H6NO4S. The van der Waals surface area contributed by atoms with E-state index in [4.69, 9.17) is 0 Å². The Balaban J connectivity index is 3.91. The largest absolute Gasteiger partial charge is 0.445 e. The second-order valence-electron chi connectivity index (χ2n) is 1.31. The summed E-state index contributed by atoms with van der Waals surface area (Å²) in [4.78, 5) is 10.1. The van der Waals surface area contributed by atoms with Crippen LogP contribution in [0.25, 0.3) is 0 Å². The van der Waals surface area contributed by atoms with Crippen molar-refractivity contribution in [2.75, 3.05) is 6.26 Å². The Morgan fingerprint density at radius 3 is 2.22 bits per heavy atom. The Kier molecular flexibility index (Phi) is 2.44. The van der Waals surface area contributed by atoms with Crippen molar-refractivity contribution in [1.29, 1.82) is 0 Å². The van der Waals surface area contributed by atoms with E-state index < -0.39 is 16.1 Å². The fraction of sp³-hybridized carbons (Fsp3) is 0.333. The second kappa shape index (κ2) is 2.67. The van der Waals surface area contributed by atoms with Gasteiger partial charge in [0.25, 0.3) is 0 Å². The number of nitrogens with one attached hydrogen (secondary N) is 1. The smallest absolute Gasteiger partial charge is 0.420 e. The number of rotatable bonds is 1. The van der Waals surface area contributed by atoms with E-state index in [-0.39, 0.29) is 0 Å². The standard InChI is InChI=1S/C3H6NO4S/c1-8-3(5)4-9(2,6)7/h1H2,2H3,(H,4,5). The van der Waals surface area contributed by atoms with Gasteiger partial charge in [-0.3, -0.25) is 0 Å². The van der Waals surface area contributed by atoms with E-state index >= 15 is 0 Å². The maximum Gasteiger partial charge on any atom is 0.420 e. The number of hydrogen-bond donors (Lipinski definition) is 1. The zero-order valence-corrected chi connectivity index (χ0v) is 5.56. The number of sulfonamides is 1. The minimum absolute atomic E-state index is 0.837. The van der Waals surface area contributed by atoms with Crippen molar-refractivity contribution in [3.05, 3.63) is 7.11 Å². The molecule has 0 heterocycles. The third-order valence-electron chi connectivity index (χ3n) is 0.400. The Bertz CT molecular complexity index is 194.